The van der Waals surface area contributed by atoms with Crippen LogP contribution in [0.1, 0.15) is 13.3 Å². The minimum atomic E-state index is -0.0454. The molecule has 54 valence electrons. The van der Waals surface area contributed by atoms with Crippen molar-refractivity contribution in [3.8, 4) is 0 Å². The summed E-state index contributed by atoms with van der Waals surface area (Å²) in [5.74, 6) is -0.0454. The molecule has 0 heterocycles. The van der Waals surface area contributed by atoms with Crippen LogP contribution in [0.5, 0.6) is 0 Å². The Morgan fingerprint density at radius 2 is 2.44 bits per heavy atom. The van der Waals surface area contributed by atoms with Crippen molar-refractivity contribution in [1.82, 2.24) is 5.32 Å². The number of nitrogens with one attached hydrogen (secondary N) is 2. The standard InChI is InChI=1S/C5H13N3O/c1-4(2-3-9)8-5(6)7/h4,9H,2-3H2,1H3,(H4,6,7,8)/t4-/m0/s1. The number of nitrogens with two attached hydrogens (primary N) is 1. The van der Waals surface area contributed by atoms with Gasteiger partial charge in [-0.15, -0.1) is 0 Å². The summed E-state index contributed by atoms with van der Waals surface area (Å²) in [7, 11) is 0. The Labute approximate surface area is 54.6 Å². The summed E-state index contributed by atoms with van der Waals surface area (Å²) in [6, 6.07) is 0.0903. The van der Waals surface area contributed by atoms with Gasteiger partial charge in [-0.05, 0) is 13.3 Å². The van der Waals surface area contributed by atoms with Crippen molar-refractivity contribution < 1.29 is 5.11 Å². The van der Waals surface area contributed by atoms with Gasteiger partial charge in [0, 0.05) is 12.6 Å². The molecule has 1 atom stereocenters. The van der Waals surface area contributed by atoms with Crippen LogP contribution < -0.4 is 11.1 Å². The molecule has 0 aromatic heterocycles. The fraction of sp³-hybridized carbons (Fsp3) is 0.800. The maximum absolute atomic E-state index is 8.40. The number of hydrogen-bond acceptors (Lipinski definition) is 2. The summed E-state index contributed by atoms with van der Waals surface area (Å²) in [5, 5.41) is 17.8. The van der Waals surface area contributed by atoms with Crippen molar-refractivity contribution in [1.29, 1.82) is 5.41 Å². The summed E-state index contributed by atoms with van der Waals surface area (Å²) in [6.45, 7) is 1.99. The molecular formula is C5H13N3O. The predicted octanol–water partition coefficient (Wildman–Crippen LogP) is -0.760. The van der Waals surface area contributed by atoms with E-state index in [2.05, 4.69) is 5.32 Å². The second kappa shape index (κ2) is 4.14. The normalized spacial score (nSPS) is 12.7. The summed E-state index contributed by atoms with van der Waals surface area (Å²) in [4.78, 5) is 0. The molecule has 0 aliphatic rings. The second-order valence-corrected chi connectivity index (χ2v) is 1.97. The first-order chi connectivity index (χ1) is 4.16. The first-order valence-electron chi connectivity index (χ1n) is 2.88. The zero-order valence-electron chi connectivity index (χ0n) is 5.52. The zero-order valence-corrected chi connectivity index (χ0v) is 5.52. The molecule has 4 nitrogen and oxygen atoms in total. The molecule has 9 heavy (non-hydrogen) atoms. The van der Waals surface area contributed by atoms with Gasteiger partial charge in [0.15, 0.2) is 5.96 Å². The Balaban J connectivity index is 3.26. The quantitative estimate of drug-likeness (QED) is 0.300. The van der Waals surface area contributed by atoms with Gasteiger partial charge in [0.25, 0.3) is 0 Å². The lowest BCUT2D eigenvalue weighted by molar-refractivity contribution is 0.275. The fourth-order valence-corrected chi connectivity index (χ4v) is 0.531. The molecule has 0 aliphatic carbocycles. The van der Waals surface area contributed by atoms with Crippen LogP contribution in [0, 0.1) is 5.41 Å². The average molecular weight is 131 g/mol. The van der Waals surface area contributed by atoms with E-state index in [0.717, 1.165) is 0 Å². The van der Waals surface area contributed by atoms with Crippen LogP contribution in [0.2, 0.25) is 0 Å². The summed E-state index contributed by atoms with van der Waals surface area (Å²) >= 11 is 0. The number of aliphatic hydroxyl groups is 1. The van der Waals surface area contributed by atoms with E-state index in [1.807, 2.05) is 6.92 Å². The molecule has 0 aromatic rings. The van der Waals surface area contributed by atoms with Crippen molar-refractivity contribution in [2.75, 3.05) is 6.61 Å². The van der Waals surface area contributed by atoms with Gasteiger partial charge in [-0.2, -0.15) is 0 Å². The van der Waals surface area contributed by atoms with Crippen LogP contribution in [0.4, 0.5) is 0 Å². The molecule has 4 heteroatoms. The van der Waals surface area contributed by atoms with Crippen LogP contribution in [0.3, 0.4) is 0 Å². The van der Waals surface area contributed by atoms with Crippen molar-refractivity contribution in [2.45, 2.75) is 19.4 Å². The first-order valence-corrected chi connectivity index (χ1v) is 2.88. The fourth-order valence-electron chi connectivity index (χ4n) is 0.531. The van der Waals surface area contributed by atoms with Crippen LogP contribution in [-0.2, 0) is 0 Å². The molecule has 0 saturated heterocycles. The Morgan fingerprint density at radius 1 is 1.89 bits per heavy atom. The minimum Gasteiger partial charge on any atom is -0.396 e. The Bertz CT molecular complexity index is 94.2. The average Bonchev–Trinajstić information content (AvgIpc) is 1.63. The maximum Gasteiger partial charge on any atom is 0.185 e. The molecule has 0 bridgehead atoms. The molecule has 0 unspecified atom stereocenters. The lowest BCUT2D eigenvalue weighted by Crippen LogP contribution is -2.37. The predicted molar refractivity (Wildman–Crippen MR) is 36.2 cm³/mol. The summed E-state index contributed by atoms with van der Waals surface area (Å²) in [5.41, 5.74) is 5.01. The van der Waals surface area contributed by atoms with Crippen LogP contribution >= 0.6 is 0 Å². The van der Waals surface area contributed by atoms with E-state index in [1.54, 1.807) is 0 Å². The first kappa shape index (κ1) is 8.23. The molecule has 0 fully saturated rings. The molecule has 0 aromatic carbocycles. The van der Waals surface area contributed by atoms with Gasteiger partial charge < -0.3 is 16.2 Å². The Hall–Kier alpha value is -0.770. The van der Waals surface area contributed by atoms with E-state index in [1.165, 1.54) is 0 Å². The molecule has 5 N–H and O–H groups in total. The number of rotatable bonds is 3. The van der Waals surface area contributed by atoms with Gasteiger partial charge >= 0.3 is 0 Å². The lowest BCUT2D eigenvalue weighted by Gasteiger charge is -2.10. The molecule has 0 radical (unpaired) electrons. The van der Waals surface area contributed by atoms with Crippen molar-refractivity contribution >= 4 is 5.96 Å². The number of hydrogen-bond donors (Lipinski definition) is 4. The van der Waals surface area contributed by atoms with Crippen molar-refractivity contribution in [3.05, 3.63) is 0 Å². The highest BCUT2D eigenvalue weighted by atomic mass is 16.3. The van der Waals surface area contributed by atoms with Gasteiger partial charge in [-0.3, -0.25) is 5.41 Å². The van der Waals surface area contributed by atoms with Crippen molar-refractivity contribution in [2.24, 2.45) is 5.73 Å². The topological polar surface area (TPSA) is 82.1 Å². The molecule has 0 aliphatic heterocycles. The minimum absolute atomic E-state index is 0.0454. The molecule has 0 rings (SSSR count). The Morgan fingerprint density at radius 3 is 2.78 bits per heavy atom. The van der Waals surface area contributed by atoms with E-state index < -0.39 is 0 Å². The van der Waals surface area contributed by atoms with E-state index in [-0.39, 0.29) is 18.6 Å². The largest absolute Gasteiger partial charge is 0.396 e. The summed E-state index contributed by atoms with van der Waals surface area (Å²) < 4.78 is 0. The monoisotopic (exact) mass is 131 g/mol. The zero-order chi connectivity index (χ0) is 7.28. The summed E-state index contributed by atoms with van der Waals surface area (Å²) in [6.07, 6.45) is 0.625. The van der Waals surface area contributed by atoms with Crippen molar-refractivity contribution in [3.63, 3.8) is 0 Å². The molecule has 0 spiro atoms. The van der Waals surface area contributed by atoms with E-state index in [9.17, 15) is 0 Å². The number of guanidine groups is 1. The molecule has 0 saturated carbocycles. The van der Waals surface area contributed by atoms with Gasteiger partial charge in [-0.25, -0.2) is 0 Å². The third kappa shape index (κ3) is 5.10. The smallest absolute Gasteiger partial charge is 0.185 e. The Kier molecular flexibility index (Phi) is 3.79. The van der Waals surface area contributed by atoms with E-state index >= 15 is 0 Å². The number of aliphatic hydroxyl groups excluding tert-OH is 1. The molecular weight excluding hydrogens is 118 g/mol. The lowest BCUT2D eigenvalue weighted by atomic mass is 10.2. The maximum atomic E-state index is 8.40. The van der Waals surface area contributed by atoms with Gasteiger partial charge in [0.1, 0.15) is 0 Å². The van der Waals surface area contributed by atoms with Crippen LogP contribution in [0.15, 0.2) is 0 Å². The van der Waals surface area contributed by atoms with E-state index in [4.69, 9.17) is 16.2 Å². The second-order valence-electron chi connectivity index (χ2n) is 1.97. The van der Waals surface area contributed by atoms with E-state index in [0.29, 0.717) is 6.42 Å². The van der Waals surface area contributed by atoms with Gasteiger partial charge in [0.2, 0.25) is 0 Å². The third-order valence-corrected chi connectivity index (χ3v) is 0.964. The highest BCUT2D eigenvalue weighted by molar-refractivity contribution is 5.74. The van der Waals surface area contributed by atoms with Gasteiger partial charge in [-0.1, -0.05) is 0 Å². The van der Waals surface area contributed by atoms with Gasteiger partial charge in [0.05, 0.1) is 0 Å². The van der Waals surface area contributed by atoms with Crippen LogP contribution in [0.25, 0.3) is 0 Å². The molecule has 0 amide bonds. The van der Waals surface area contributed by atoms with Crippen LogP contribution in [-0.4, -0.2) is 23.7 Å². The highest BCUT2D eigenvalue weighted by Gasteiger charge is 1.98. The SMILES string of the molecule is C[C@@H](CCO)NC(=N)N. The highest BCUT2D eigenvalue weighted by Crippen LogP contribution is 1.85. The third-order valence-electron chi connectivity index (χ3n) is 0.964.